The zero-order valence-corrected chi connectivity index (χ0v) is 42.9. The molecule has 0 atom stereocenters. The summed E-state index contributed by atoms with van der Waals surface area (Å²) in [6, 6.07) is 115. The Morgan fingerprint density at radius 2 is 0.500 bits per heavy atom. The highest BCUT2D eigenvalue weighted by molar-refractivity contribution is 6.09. The van der Waals surface area contributed by atoms with Crippen LogP contribution in [0.2, 0.25) is 0 Å². The molecular formula is C76H52N2. The Morgan fingerprint density at radius 1 is 0.192 bits per heavy atom. The molecule has 0 unspecified atom stereocenters. The van der Waals surface area contributed by atoms with E-state index in [2.05, 4.69) is 325 Å². The van der Waals surface area contributed by atoms with Gasteiger partial charge in [-0.15, -0.1) is 0 Å². The Hall–Kier alpha value is -10.3. The van der Waals surface area contributed by atoms with Gasteiger partial charge in [0.15, 0.2) is 0 Å². The van der Waals surface area contributed by atoms with Gasteiger partial charge in [-0.05, 0) is 149 Å². The minimum atomic E-state index is 1.07. The lowest BCUT2D eigenvalue weighted by Crippen LogP contribution is -2.09. The molecule has 0 aliphatic carbocycles. The minimum absolute atomic E-state index is 1.07. The second-order valence-corrected chi connectivity index (χ2v) is 20.0. The van der Waals surface area contributed by atoms with E-state index in [1.165, 1.54) is 99.3 Å². The van der Waals surface area contributed by atoms with Crippen molar-refractivity contribution in [3.63, 3.8) is 0 Å². The van der Waals surface area contributed by atoms with Crippen LogP contribution in [-0.2, 0) is 0 Å². The van der Waals surface area contributed by atoms with Crippen molar-refractivity contribution in [2.24, 2.45) is 0 Å². The molecular weight excluding hydrogens is 941 g/mol. The first-order valence-electron chi connectivity index (χ1n) is 26.8. The van der Waals surface area contributed by atoms with E-state index in [0.717, 1.165) is 33.9 Å². The number of aromatic nitrogens is 1. The van der Waals surface area contributed by atoms with Crippen LogP contribution in [0.1, 0.15) is 0 Å². The quantitative estimate of drug-likeness (QED) is 0.125. The van der Waals surface area contributed by atoms with E-state index in [1.807, 2.05) is 0 Å². The molecule has 1 aromatic heterocycles. The summed E-state index contributed by atoms with van der Waals surface area (Å²) in [5, 5.41) is 5.04. The molecule has 0 aliphatic heterocycles. The number of nitrogens with zero attached hydrogens (tertiary/aromatic N) is 2. The van der Waals surface area contributed by atoms with Crippen molar-refractivity contribution in [1.82, 2.24) is 4.57 Å². The smallest absolute Gasteiger partial charge is 0.0541 e. The second kappa shape index (κ2) is 20.1. The van der Waals surface area contributed by atoms with Crippen LogP contribution in [0, 0.1) is 0 Å². The third-order valence-electron chi connectivity index (χ3n) is 15.5. The highest BCUT2D eigenvalue weighted by Gasteiger charge is 2.19. The molecule has 0 aliphatic rings. The summed E-state index contributed by atoms with van der Waals surface area (Å²) in [5.41, 5.74) is 23.5. The Bertz CT molecular complexity index is 4380. The average molecular weight is 993 g/mol. The summed E-state index contributed by atoms with van der Waals surface area (Å²) in [4.78, 5) is 2.37. The van der Waals surface area contributed by atoms with Crippen LogP contribution >= 0.6 is 0 Å². The second-order valence-electron chi connectivity index (χ2n) is 20.0. The van der Waals surface area contributed by atoms with Crippen LogP contribution in [0.3, 0.4) is 0 Å². The normalized spacial score (nSPS) is 11.3. The van der Waals surface area contributed by atoms with Crippen LogP contribution in [0.25, 0.3) is 116 Å². The lowest BCUT2D eigenvalue weighted by molar-refractivity contribution is 1.18. The molecule has 78 heavy (non-hydrogen) atoms. The van der Waals surface area contributed by atoms with Gasteiger partial charge in [0, 0.05) is 33.5 Å². The maximum Gasteiger partial charge on any atom is 0.0541 e. The van der Waals surface area contributed by atoms with Crippen LogP contribution in [0.4, 0.5) is 17.1 Å². The number of anilines is 3. The van der Waals surface area contributed by atoms with Gasteiger partial charge in [-0.25, -0.2) is 0 Å². The van der Waals surface area contributed by atoms with Crippen LogP contribution in [0.15, 0.2) is 315 Å². The van der Waals surface area contributed by atoms with Gasteiger partial charge in [-0.3, -0.25) is 0 Å². The molecule has 14 aromatic rings. The molecule has 0 saturated carbocycles. The van der Waals surface area contributed by atoms with E-state index in [-0.39, 0.29) is 0 Å². The molecule has 0 spiro atoms. The topological polar surface area (TPSA) is 8.17 Å². The molecule has 0 fully saturated rings. The van der Waals surface area contributed by atoms with E-state index in [1.54, 1.807) is 0 Å². The van der Waals surface area contributed by atoms with Crippen LogP contribution in [-0.4, -0.2) is 4.57 Å². The number of benzene rings is 13. The zero-order chi connectivity index (χ0) is 51.8. The predicted octanol–water partition coefficient (Wildman–Crippen LogP) is 21.1. The third kappa shape index (κ3) is 8.52. The van der Waals surface area contributed by atoms with E-state index >= 15 is 0 Å². The minimum Gasteiger partial charge on any atom is -0.311 e. The van der Waals surface area contributed by atoms with Crippen molar-refractivity contribution in [2.45, 2.75) is 0 Å². The molecule has 14 rings (SSSR count). The summed E-state index contributed by atoms with van der Waals surface area (Å²) in [6.45, 7) is 0. The monoisotopic (exact) mass is 992 g/mol. The van der Waals surface area contributed by atoms with Crippen molar-refractivity contribution < 1.29 is 0 Å². The summed E-state index contributed by atoms with van der Waals surface area (Å²) < 4.78 is 2.37. The summed E-state index contributed by atoms with van der Waals surface area (Å²) in [7, 11) is 0. The predicted molar refractivity (Wildman–Crippen MR) is 331 cm³/mol. The van der Waals surface area contributed by atoms with Gasteiger partial charge in [0.25, 0.3) is 0 Å². The lowest BCUT2D eigenvalue weighted by Gasteiger charge is -2.26. The Labute approximate surface area is 455 Å². The molecule has 0 amide bonds. The number of rotatable bonds is 11. The van der Waals surface area contributed by atoms with Gasteiger partial charge in [0.05, 0.1) is 11.0 Å². The van der Waals surface area contributed by atoms with Gasteiger partial charge >= 0.3 is 0 Å². The van der Waals surface area contributed by atoms with Gasteiger partial charge in [-0.2, -0.15) is 0 Å². The first-order chi connectivity index (χ1) is 38.7. The highest BCUT2D eigenvalue weighted by atomic mass is 15.1. The number of para-hydroxylation sites is 2. The van der Waals surface area contributed by atoms with Gasteiger partial charge in [0.2, 0.25) is 0 Å². The van der Waals surface area contributed by atoms with Crippen LogP contribution in [0.5, 0.6) is 0 Å². The SMILES string of the molecule is c1ccc(-c2ccccc2-c2ccccc2-c2ccccc2-c2ccc(N(c3ccc(-c4ccc(-c5cccc6ccccc56)cc4)cc3)c3ccc(-c4ccc(-n5c6ccccc6c6ccccc65)cc4)cc3)cc2)cc1. The Kier molecular flexibility index (Phi) is 11.9. The fraction of sp³-hybridized carbons (Fsp3) is 0. The fourth-order valence-corrected chi connectivity index (χ4v) is 11.7. The van der Waals surface area contributed by atoms with Gasteiger partial charge in [0.1, 0.15) is 0 Å². The van der Waals surface area contributed by atoms with Crippen molar-refractivity contribution >= 4 is 49.6 Å². The standard InChI is InChI=1S/C76H52N2/c1-2-17-57(18-3-1)67-22-6-8-24-69(67)71-26-10-11-27-72(71)70-25-9-7-23-68(70)60-43-51-63(52-44-60)77(61-45-37-54(38-46-61)53-33-35-59(36-34-53)66-30-16-20-58-19-4-5-21-65(58)66)62-47-39-55(40-48-62)56-41-49-64(50-42-56)78-75-31-14-12-28-73(75)74-29-13-15-32-76(74)78/h1-52H. The Balaban J connectivity index is 0.808. The third-order valence-corrected chi connectivity index (χ3v) is 15.5. The molecule has 2 heteroatoms. The molecule has 0 saturated heterocycles. The number of hydrogen-bond donors (Lipinski definition) is 0. The van der Waals surface area contributed by atoms with Gasteiger partial charge in [-0.1, -0.05) is 255 Å². The first kappa shape index (κ1) is 46.3. The van der Waals surface area contributed by atoms with E-state index in [0.29, 0.717) is 0 Å². The van der Waals surface area contributed by atoms with E-state index in [9.17, 15) is 0 Å². The first-order valence-corrected chi connectivity index (χ1v) is 26.8. The molecule has 1 heterocycles. The molecule has 2 nitrogen and oxygen atoms in total. The highest BCUT2D eigenvalue weighted by Crippen LogP contribution is 2.44. The number of hydrogen-bond acceptors (Lipinski definition) is 1. The van der Waals surface area contributed by atoms with Crippen molar-refractivity contribution in [3.05, 3.63) is 315 Å². The maximum absolute atomic E-state index is 2.37. The van der Waals surface area contributed by atoms with E-state index in [4.69, 9.17) is 0 Å². The fourth-order valence-electron chi connectivity index (χ4n) is 11.7. The Morgan fingerprint density at radius 3 is 1.00 bits per heavy atom. The molecule has 366 valence electrons. The van der Waals surface area contributed by atoms with Crippen molar-refractivity contribution in [3.8, 4) is 83.6 Å². The van der Waals surface area contributed by atoms with Crippen LogP contribution < -0.4 is 4.90 Å². The zero-order valence-electron chi connectivity index (χ0n) is 42.9. The number of fused-ring (bicyclic) bond motifs is 4. The molecule has 0 radical (unpaired) electrons. The molecule has 13 aromatic carbocycles. The molecule has 0 bridgehead atoms. The molecule has 0 N–H and O–H groups in total. The van der Waals surface area contributed by atoms with Gasteiger partial charge < -0.3 is 9.47 Å². The lowest BCUT2D eigenvalue weighted by atomic mass is 9.87. The summed E-state index contributed by atoms with van der Waals surface area (Å²) in [5.74, 6) is 0. The maximum atomic E-state index is 2.37. The van der Waals surface area contributed by atoms with E-state index < -0.39 is 0 Å². The van der Waals surface area contributed by atoms with Crippen molar-refractivity contribution in [1.29, 1.82) is 0 Å². The summed E-state index contributed by atoms with van der Waals surface area (Å²) >= 11 is 0. The van der Waals surface area contributed by atoms with Crippen molar-refractivity contribution in [2.75, 3.05) is 4.90 Å². The summed E-state index contributed by atoms with van der Waals surface area (Å²) in [6.07, 6.45) is 0. The largest absolute Gasteiger partial charge is 0.311 e. The average Bonchev–Trinajstić information content (AvgIpc) is 3.89.